The molecule has 0 spiro atoms. The fraction of sp³-hybridized carbons (Fsp3) is 0.571. The number of thiazole rings is 1. The second-order valence-corrected chi connectivity index (χ2v) is 10.4. The molecule has 1 aliphatic heterocycles. The zero-order valence-corrected chi connectivity index (χ0v) is 19.5. The SMILES string of the molecule is C=CC/C=C/Cc1csc(C(C)(C)[C@H](O)CC(=O)N2C(=S)SC[C@@H]2C(C)C)n1. The Morgan fingerprint density at radius 2 is 2.21 bits per heavy atom. The number of nitrogens with zero attached hydrogens (tertiary/aromatic N) is 2. The molecule has 7 heteroatoms. The van der Waals surface area contributed by atoms with Gasteiger partial charge in [-0.3, -0.25) is 9.69 Å². The first-order valence-corrected chi connectivity index (χ1v) is 11.8. The van der Waals surface area contributed by atoms with Crippen LogP contribution in [0.5, 0.6) is 0 Å². The van der Waals surface area contributed by atoms with Crippen molar-refractivity contribution in [3.63, 3.8) is 0 Å². The van der Waals surface area contributed by atoms with E-state index in [1.54, 1.807) is 16.7 Å². The maximum absolute atomic E-state index is 12.9. The summed E-state index contributed by atoms with van der Waals surface area (Å²) in [7, 11) is 0. The van der Waals surface area contributed by atoms with Gasteiger partial charge in [0.1, 0.15) is 9.33 Å². The van der Waals surface area contributed by atoms with E-state index in [0.29, 0.717) is 10.2 Å². The summed E-state index contributed by atoms with van der Waals surface area (Å²) in [5.74, 6) is 1.06. The van der Waals surface area contributed by atoms with Crippen molar-refractivity contribution in [3.05, 3.63) is 40.9 Å². The molecule has 0 bridgehead atoms. The van der Waals surface area contributed by atoms with Crippen molar-refractivity contribution >= 4 is 45.5 Å². The Balaban J connectivity index is 2.05. The van der Waals surface area contributed by atoms with Crippen LogP contribution in [0.15, 0.2) is 30.2 Å². The van der Waals surface area contributed by atoms with E-state index in [9.17, 15) is 9.90 Å². The Labute approximate surface area is 182 Å². The number of thiocarbonyl (C=S) groups is 1. The first-order chi connectivity index (χ1) is 13.2. The van der Waals surface area contributed by atoms with Gasteiger partial charge in [0.25, 0.3) is 0 Å². The lowest BCUT2D eigenvalue weighted by atomic mass is 9.85. The number of rotatable bonds is 9. The Morgan fingerprint density at radius 1 is 1.50 bits per heavy atom. The van der Waals surface area contributed by atoms with Gasteiger partial charge >= 0.3 is 0 Å². The first-order valence-electron chi connectivity index (χ1n) is 9.56. The monoisotopic (exact) mass is 438 g/mol. The number of aliphatic hydroxyl groups excluding tert-OH is 1. The smallest absolute Gasteiger partial charge is 0.230 e. The van der Waals surface area contributed by atoms with Crippen LogP contribution in [0.4, 0.5) is 0 Å². The fourth-order valence-corrected chi connectivity index (χ4v) is 5.64. The molecule has 2 heterocycles. The van der Waals surface area contributed by atoms with Gasteiger partial charge in [-0.1, -0.05) is 69.9 Å². The van der Waals surface area contributed by atoms with Crippen LogP contribution in [0.25, 0.3) is 0 Å². The Kier molecular flexibility index (Phi) is 8.43. The van der Waals surface area contributed by atoms with Crippen LogP contribution in [0, 0.1) is 5.92 Å². The molecule has 2 rings (SSSR count). The van der Waals surface area contributed by atoms with Gasteiger partial charge in [0.05, 0.1) is 18.2 Å². The Morgan fingerprint density at radius 3 is 2.86 bits per heavy atom. The molecule has 1 aromatic heterocycles. The number of hydrogen-bond donors (Lipinski definition) is 1. The van der Waals surface area contributed by atoms with E-state index in [-0.39, 0.29) is 18.4 Å². The number of amides is 1. The molecule has 0 unspecified atom stereocenters. The van der Waals surface area contributed by atoms with Gasteiger partial charge in [-0.05, 0) is 12.3 Å². The highest BCUT2D eigenvalue weighted by atomic mass is 32.2. The lowest BCUT2D eigenvalue weighted by Crippen LogP contribution is -2.45. The number of hydrogen-bond acceptors (Lipinski definition) is 6. The molecular formula is C21H30N2O2S3. The van der Waals surface area contributed by atoms with E-state index in [4.69, 9.17) is 17.2 Å². The molecule has 0 radical (unpaired) electrons. The van der Waals surface area contributed by atoms with Gasteiger partial charge < -0.3 is 5.11 Å². The van der Waals surface area contributed by atoms with Crippen molar-refractivity contribution in [3.8, 4) is 0 Å². The lowest BCUT2D eigenvalue weighted by molar-refractivity contribution is -0.131. The van der Waals surface area contributed by atoms with E-state index in [0.717, 1.165) is 29.3 Å². The molecule has 0 aromatic carbocycles. The van der Waals surface area contributed by atoms with Crippen LogP contribution in [0.2, 0.25) is 0 Å². The van der Waals surface area contributed by atoms with Gasteiger partial charge in [0.15, 0.2) is 0 Å². The van der Waals surface area contributed by atoms with Crippen LogP contribution in [0.3, 0.4) is 0 Å². The van der Waals surface area contributed by atoms with Crippen LogP contribution in [0.1, 0.15) is 51.2 Å². The molecule has 154 valence electrons. The third-order valence-electron chi connectivity index (χ3n) is 5.04. The highest BCUT2D eigenvalue weighted by Crippen LogP contribution is 2.34. The number of aromatic nitrogens is 1. The first kappa shape index (κ1) is 23.3. The van der Waals surface area contributed by atoms with Gasteiger partial charge in [-0.15, -0.1) is 17.9 Å². The van der Waals surface area contributed by atoms with E-state index >= 15 is 0 Å². The summed E-state index contributed by atoms with van der Waals surface area (Å²) in [5.41, 5.74) is 0.370. The number of aliphatic hydroxyl groups is 1. The molecule has 1 fully saturated rings. The van der Waals surface area contributed by atoms with Crippen LogP contribution < -0.4 is 0 Å². The van der Waals surface area contributed by atoms with E-state index in [2.05, 4.69) is 32.6 Å². The van der Waals surface area contributed by atoms with E-state index in [1.807, 2.05) is 25.3 Å². The average molecular weight is 439 g/mol. The van der Waals surface area contributed by atoms with Crippen LogP contribution in [-0.4, -0.2) is 43.1 Å². The normalized spacial score (nSPS) is 19.0. The summed E-state index contributed by atoms with van der Waals surface area (Å²) in [5, 5.41) is 13.7. The molecule has 1 saturated heterocycles. The van der Waals surface area contributed by atoms with E-state index in [1.165, 1.54) is 11.3 Å². The molecule has 28 heavy (non-hydrogen) atoms. The molecule has 1 amide bonds. The molecule has 2 atom stereocenters. The van der Waals surface area contributed by atoms with Gasteiger partial charge in [-0.2, -0.15) is 0 Å². The van der Waals surface area contributed by atoms with Gasteiger partial charge in [0, 0.05) is 29.0 Å². The number of carbonyl (C=O) groups is 1. The standard InChI is InChI=1S/C21H30N2O2S3/c1-6-7-8-9-10-15-12-27-19(22-15)21(4,5)17(24)11-18(25)23-16(14(2)3)13-28-20(23)26/h6,8-9,12,14,16-17,24H,1,7,10-11,13H2,2-5H3/b9-8+/t16-,17-/m1/s1. The Bertz CT molecular complexity index is 740. The summed E-state index contributed by atoms with van der Waals surface area (Å²) in [6.45, 7) is 11.8. The predicted octanol–water partition coefficient (Wildman–Crippen LogP) is 4.73. The van der Waals surface area contributed by atoms with Crippen LogP contribution >= 0.6 is 35.3 Å². The van der Waals surface area contributed by atoms with Crippen molar-refractivity contribution < 1.29 is 9.90 Å². The second-order valence-electron chi connectivity index (χ2n) is 7.94. The highest BCUT2D eigenvalue weighted by Gasteiger charge is 2.40. The minimum absolute atomic E-state index is 0.0467. The molecule has 4 nitrogen and oxygen atoms in total. The van der Waals surface area contributed by atoms with Crippen molar-refractivity contribution in [1.29, 1.82) is 0 Å². The molecule has 1 aromatic rings. The zero-order chi connectivity index (χ0) is 20.9. The minimum Gasteiger partial charge on any atom is -0.392 e. The van der Waals surface area contributed by atoms with Crippen molar-refractivity contribution in [2.24, 2.45) is 5.92 Å². The topological polar surface area (TPSA) is 53.4 Å². The molecule has 1 aliphatic rings. The third kappa shape index (κ3) is 5.53. The zero-order valence-electron chi connectivity index (χ0n) is 17.1. The fourth-order valence-electron chi connectivity index (χ4n) is 2.97. The number of thioether (sulfide) groups is 1. The quantitative estimate of drug-likeness (QED) is 0.446. The summed E-state index contributed by atoms with van der Waals surface area (Å²) in [6, 6.07) is 0.106. The van der Waals surface area contributed by atoms with Crippen molar-refractivity contribution in [2.45, 2.75) is 64.5 Å². The van der Waals surface area contributed by atoms with Gasteiger partial charge in [-0.25, -0.2) is 4.98 Å². The molecule has 0 saturated carbocycles. The molecular weight excluding hydrogens is 408 g/mol. The number of carbonyl (C=O) groups excluding carboxylic acids is 1. The maximum Gasteiger partial charge on any atom is 0.230 e. The van der Waals surface area contributed by atoms with E-state index < -0.39 is 11.5 Å². The predicted molar refractivity (Wildman–Crippen MR) is 124 cm³/mol. The third-order valence-corrected chi connectivity index (χ3v) is 7.78. The van der Waals surface area contributed by atoms with Crippen LogP contribution in [-0.2, 0) is 16.6 Å². The average Bonchev–Trinajstić information content (AvgIpc) is 3.25. The number of allylic oxidation sites excluding steroid dienone is 3. The minimum atomic E-state index is -0.823. The Hall–Kier alpha value is -1.02. The van der Waals surface area contributed by atoms with Crippen molar-refractivity contribution in [1.82, 2.24) is 9.88 Å². The van der Waals surface area contributed by atoms with Gasteiger partial charge in [0.2, 0.25) is 5.91 Å². The summed E-state index contributed by atoms with van der Waals surface area (Å²) < 4.78 is 0.622. The largest absolute Gasteiger partial charge is 0.392 e. The highest BCUT2D eigenvalue weighted by molar-refractivity contribution is 8.23. The maximum atomic E-state index is 12.9. The molecule has 0 aliphatic carbocycles. The summed E-state index contributed by atoms with van der Waals surface area (Å²) in [6.07, 6.45) is 6.82. The second kappa shape index (κ2) is 10.1. The van der Waals surface area contributed by atoms with Crippen molar-refractivity contribution in [2.75, 3.05) is 5.75 Å². The molecule has 1 N–H and O–H groups in total. The summed E-state index contributed by atoms with van der Waals surface area (Å²) >= 11 is 8.46. The summed E-state index contributed by atoms with van der Waals surface area (Å²) in [4.78, 5) is 19.3. The lowest BCUT2D eigenvalue weighted by Gasteiger charge is -2.31.